The third-order valence-corrected chi connectivity index (χ3v) is 3.40. The number of aromatic nitrogens is 1. The highest BCUT2D eigenvalue weighted by Crippen LogP contribution is 2.24. The molecule has 0 fully saturated rings. The molecule has 0 unspecified atom stereocenters. The molecule has 0 radical (unpaired) electrons. The van der Waals surface area contributed by atoms with Gasteiger partial charge in [0.2, 0.25) is 5.52 Å². The number of nitrogens with zero attached hydrogens (tertiary/aromatic N) is 1. The van der Waals surface area contributed by atoms with Crippen LogP contribution in [-0.2, 0) is 0 Å². The van der Waals surface area contributed by atoms with E-state index in [1.165, 1.54) is 16.3 Å². The first-order valence-corrected chi connectivity index (χ1v) is 6.28. The predicted molar refractivity (Wildman–Crippen MR) is 74.8 cm³/mol. The van der Waals surface area contributed by atoms with E-state index in [1.807, 2.05) is 18.2 Å². The number of pyridine rings is 2. The van der Waals surface area contributed by atoms with E-state index < -0.39 is 0 Å². The minimum atomic E-state index is 0.905. The van der Waals surface area contributed by atoms with Crippen LogP contribution in [0.5, 0.6) is 0 Å². The third kappa shape index (κ3) is 1.69. The van der Waals surface area contributed by atoms with Crippen LogP contribution in [0, 0.1) is 0 Å². The molecule has 0 aliphatic heterocycles. The molecule has 0 saturated heterocycles. The zero-order chi connectivity index (χ0) is 12.7. The Morgan fingerprint density at radius 2 is 1.84 bits per heavy atom. The van der Waals surface area contributed by atoms with E-state index >= 15 is 0 Å². The van der Waals surface area contributed by atoms with Crippen LogP contribution >= 0.6 is 0 Å². The van der Waals surface area contributed by atoms with Gasteiger partial charge in [0.15, 0.2) is 12.4 Å². The highest BCUT2D eigenvalue weighted by Gasteiger charge is 2.07. The zero-order valence-electron chi connectivity index (χ0n) is 10.3. The highest BCUT2D eigenvalue weighted by atomic mass is 16.3. The molecule has 19 heavy (non-hydrogen) atoms. The molecule has 0 aliphatic carbocycles. The highest BCUT2D eigenvalue weighted by molar-refractivity contribution is 5.87. The second-order valence-electron chi connectivity index (χ2n) is 4.63. The standard InChI is InChI=1S/C17H12NO/c1-2-8-18-12-14-7-6-13(17-5-3-9-19-17)10-15(14)11-16(18)4-1/h1-12H/q+1. The van der Waals surface area contributed by atoms with Gasteiger partial charge < -0.3 is 4.42 Å². The lowest BCUT2D eigenvalue weighted by Crippen LogP contribution is -2.19. The van der Waals surface area contributed by atoms with Crippen LogP contribution in [0.1, 0.15) is 0 Å². The normalized spacial score (nSPS) is 11.2. The first-order chi connectivity index (χ1) is 9.40. The monoisotopic (exact) mass is 246 g/mol. The molecule has 4 rings (SSSR count). The predicted octanol–water partition coefficient (Wildman–Crippen LogP) is 3.84. The molecule has 4 aromatic rings. The maximum absolute atomic E-state index is 5.45. The van der Waals surface area contributed by atoms with Crippen LogP contribution in [0.15, 0.2) is 77.7 Å². The lowest BCUT2D eigenvalue weighted by atomic mass is 10.1. The lowest BCUT2D eigenvalue weighted by molar-refractivity contribution is -0.510. The van der Waals surface area contributed by atoms with E-state index in [-0.39, 0.29) is 0 Å². The van der Waals surface area contributed by atoms with Gasteiger partial charge in [-0.2, -0.15) is 4.40 Å². The van der Waals surface area contributed by atoms with E-state index in [2.05, 4.69) is 53.2 Å². The van der Waals surface area contributed by atoms with Crippen molar-refractivity contribution in [2.24, 2.45) is 0 Å². The van der Waals surface area contributed by atoms with Crippen LogP contribution in [0.4, 0.5) is 0 Å². The summed E-state index contributed by atoms with van der Waals surface area (Å²) in [6.07, 6.45) is 5.92. The molecule has 2 nitrogen and oxygen atoms in total. The van der Waals surface area contributed by atoms with Gasteiger partial charge in [-0.15, -0.1) is 0 Å². The summed E-state index contributed by atoms with van der Waals surface area (Å²) < 4.78 is 7.58. The van der Waals surface area contributed by atoms with Crippen molar-refractivity contribution >= 4 is 16.3 Å². The van der Waals surface area contributed by atoms with Crippen molar-refractivity contribution in [2.75, 3.05) is 0 Å². The largest absolute Gasteiger partial charge is 0.464 e. The summed E-state index contributed by atoms with van der Waals surface area (Å²) in [5.74, 6) is 0.905. The van der Waals surface area contributed by atoms with Crippen LogP contribution in [0.2, 0.25) is 0 Å². The molecule has 90 valence electrons. The van der Waals surface area contributed by atoms with Gasteiger partial charge in [0.25, 0.3) is 0 Å². The van der Waals surface area contributed by atoms with Gasteiger partial charge in [-0.25, -0.2) is 0 Å². The van der Waals surface area contributed by atoms with Crippen molar-refractivity contribution in [3.05, 3.63) is 73.3 Å². The first-order valence-electron chi connectivity index (χ1n) is 6.28. The smallest absolute Gasteiger partial charge is 0.211 e. The maximum atomic E-state index is 5.45. The van der Waals surface area contributed by atoms with Gasteiger partial charge >= 0.3 is 0 Å². The number of hydrogen-bond donors (Lipinski definition) is 0. The van der Waals surface area contributed by atoms with Crippen molar-refractivity contribution in [3.63, 3.8) is 0 Å². The molecule has 3 heterocycles. The van der Waals surface area contributed by atoms with Gasteiger partial charge in [0, 0.05) is 29.1 Å². The Morgan fingerprint density at radius 3 is 2.74 bits per heavy atom. The lowest BCUT2D eigenvalue weighted by Gasteiger charge is -2.00. The molecule has 2 heteroatoms. The van der Waals surface area contributed by atoms with E-state index in [9.17, 15) is 0 Å². The minimum Gasteiger partial charge on any atom is -0.464 e. The van der Waals surface area contributed by atoms with Crippen LogP contribution in [-0.4, -0.2) is 0 Å². The van der Waals surface area contributed by atoms with Gasteiger partial charge in [-0.3, -0.25) is 0 Å². The second kappa shape index (κ2) is 3.95. The Bertz CT molecular complexity index is 863. The molecule has 3 aromatic heterocycles. The average molecular weight is 246 g/mol. The number of benzene rings is 1. The van der Waals surface area contributed by atoms with Gasteiger partial charge in [0.1, 0.15) is 5.76 Å². The Kier molecular flexibility index (Phi) is 2.15. The number of furan rings is 1. The van der Waals surface area contributed by atoms with E-state index in [0.29, 0.717) is 0 Å². The number of fused-ring (bicyclic) bond motifs is 2. The molecule has 0 spiro atoms. The van der Waals surface area contributed by atoms with Gasteiger partial charge in [-0.1, -0.05) is 6.07 Å². The fourth-order valence-electron chi connectivity index (χ4n) is 2.43. The van der Waals surface area contributed by atoms with Crippen molar-refractivity contribution in [2.45, 2.75) is 0 Å². The van der Waals surface area contributed by atoms with Crippen molar-refractivity contribution in [1.82, 2.24) is 0 Å². The number of hydrogen-bond acceptors (Lipinski definition) is 1. The Morgan fingerprint density at radius 1 is 0.842 bits per heavy atom. The number of rotatable bonds is 1. The minimum absolute atomic E-state index is 0.905. The van der Waals surface area contributed by atoms with E-state index in [4.69, 9.17) is 4.42 Å². The molecule has 0 N–H and O–H groups in total. The van der Waals surface area contributed by atoms with E-state index in [0.717, 1.165) is 11.3 Å². The Labute approximate surface area is 110 Å². The molecule has 0 amide bonds. The fraction of sp³-hybridized carbons (Fsp3) is 0. The molecule has 0 atom stereocenters. The quantitative estimate of drug-likeness (QED) is 0.368. The van der Waals surface area contributed by atoms with E-state index in [1.54, 1.807) is 6.26 Å². The molecule has 1 aromatic carbocycles. The zero-order valence-corrected chi connectivity index (χ0v) is 10.3. The van der Waals surface area contributed by atoms with Gasteiger partial charge in [-0.05, 0) is 35.7 Å². The average Bonchev–Trinajstić information content (AvgIpc) is 2.98. The molecule has 0 aliphatic rings. The summed E-state index contributed by atoms with van der Waals surface area (Å²) in [6, 6.07) is 18.7. The van der Waals surface area contributed by atoms with Crippen LogP contribution < -0.4 is 4.40 Å². The van der Waals surface area contributed by atoms with Crippen LogP contribution in [0.3, 0.4) is 0 Å². The summed E-state index contributed by atoms with van der Waals surface area (Å²) in [7, 11) is 0. The molecule has 0 saturated carbocycles. The first kappa shape index (κ1) is 10.3. The summed E-state index contributed by atoms with van der Waals surface area (Å²) >= 11 is 0. The fourth-order valence-corrected chi connectivity index (χ4v) is 2.43. The molecule has 0 bridgehead atoms. The summed E-state index contributed by atoms with van der Waals surface area (Å²) in [4.78, 5) is 0. The SMILES string of the molecule is c1coc(-c2ccc3c[n+]4ccccc4cc3c2)c1. The van der Waals surface area contributed by atoms with Crippen molar-refractivity contribution in [3.8, 4) is 11.3 Å². The summed E-state index contributed by atoms with van der Waals surface area (Å²) in [5, 5.41) is 2.44. The third-order valence-electron chi connectivity index (χ3n) is 3.40. The Hall–Kier alpha value is -2.61. The van der Waals surface area contributed by atoms with Gasteiger partial charge in [0.05, 0.1) is 6.26 Å². The van der Waals surface area contributed by atoms with Crippen LogP contribution in [0.25, 0.3) is 27.6 Å². The second-order valence-corrected chi connectivity index (χ2v) is 4.63. The summed E-state index contributed by atoms with van der Waals surface area (Å²) in [6.45, 7) is 0. The molecular formula is C17H12NO+. The Balaban J connectivity index is 2.00. The topological polar surface area (TPSA) is 17.2 Å². The molecular weight excluding hydrogens is 234 g/mol. The maximum Gasteiger partial charge on any atom is 0.211 e. The summed E-state index contributed by atoms with van der Waals surface area (Å²) in [5.41, 5.74) is 2.30. The van der Waals surface area contributed by atoms with Crippen molar-refractivity contribution < 1.29 is 8.82 Å². The van der Waals surface area contributed by atoms with Crippen molar-refractivity contribution in [1.29, 1.82) is 0 Å².